The number of aliphatic carboxylic acids is 1. The van der Waals surface area contributed by atoms with Gasteiger partial charge < -0.3 is 24.1 Å². The van der Waals surface area contributed by atoms with Crippen molar-refractivity contribution in [1.82, 2.24) is 0 Å². The molecule has 0 amide bonds. The largest absolute Gasteiger partial charge is 0.550 e. The van der Waals surface area contributed by atoms with Crippen LogP contribution in [0.15, 0.2) is 30.3 Å². The molecule has 1 aliphatic rings. The first-order valence-corrected chi connectivity index (χ1v) is 7.65. The number of hydrogen-bond acceptors (Lipinski definition) is 5. The molecule has 0 radical (unpaired) electrons. The van der Waals surface area contributed by atoms with E-state index in [-0.39, 0.29) is 11.8 Å². The molecule has 0 saturated carbocycles. The lowest BCUT2D eigenvalue weighted by Gasteiger charge is -2.36. The molecule has 0 unspecified atom stereocenters. The van der Waals surface area contributed by atoms with E-state index in [2.05, 4.69) is 13.8 Å². The van der Waals surface area contributed by atoms with Crippen molar-refractivity contribution in [2.45, 2.75) is 25.7 Å². The van der Waals surface area contributed by atoms with Gasteiger partial charge in [0.25, 0.3) is 0 Å². The molecule has 126 valence electrons. The van der Waals surface area contributed by atoms with Crippen molar-refractivity contribution in [2.24, 2.45) is 0 Å². The first-order valence-electron chi connectivity index (χ1n) is 7.65. The minimum Gasteiger partial charge on any atom is -0.550 e. The Kier molecular flexibility index (Phi) is 3.87. The van der Waals surface area contributed by atoms with Gasteiger partial charge in [0, 0.05) is 40.6 Å². The fraction of sp³-hybridized carbons (Fsp3) is 0.316. The second-order valence-corrected chi connectivity index (χ2v) is 6.26. The van der Waals surface area contributed by atoms with Gasteiger partial charge in [-0.25, -0.2) is 0 Å². The average molecular weight is 327 g/mol. The van der Waals surface area contributed by atoms with Crippen molar-refractivity contribution >= 4 is 5.97 Å². The first kappa shape index (κ1) is 16.2. The van der Waals surface area contributed by atoms with Crippen molar-refractivity contribution in [2.75, 3.05) is 14.2 Å². The number of carboxylic acids is 1. The summed E-state index contributed by atoms with van der Waals surface area (Å²) in [6.07, 6.45) is -0.276. The van der Waals surface area contributed by atoms with Crippen LogP contribution in [0, 0.1) is 0 Å². The number of carboxylic acid groups (broad SMARTS) is 1. The van der Waals surface area contributed by atoms with Crippen molar-refractivity contribution in [1.29, 1.82) is 0 Å². The van der Waals surface area contributed by atoms with Gasteiger partial charge in [0.1, 0.15) is 23.0 Å². The number of benzene rings is 2. The standard InChI is InChI=1S/C19H20O5/c1-19(2)13-6-5-11(22-3)9-16(13)24-18-12(10-17(20)21)15(23-4)8-7-14(18)19/h5-9H,10H2,1-4H3,(H,20,21)/p-1. The summed E-state index contributed by atoms with van der Waals surface area (Å²) in [6, 6.07) is 9.36. The molecule has 2 aromatic carbocycles. The predicted molar refractivity (Wildman–Crippen MR) is 86.9 cm³/mol. The molecule has 24 heavy (non-hydrogen) atoms. The normalized spacial score (nSPS) is 14.2. The molecule has 1 aliphatic heterocycles. The Hall–Kier alpha value is -2.69. The highest BCUT2D eigenvalue weighted by Crippen LogP contribution is 2.51. The summed E-state index contributed by atoms with van der Waals surface area (Å²) in [4.78, 5) is 11.2. The van der Waals surface area contributed by atoms with Gasteiger partial charge in [-0.2, -0.15) is 0 Å². The van der Waals surface area contributed by atoms with Gasteiger partial charge in [0.15, 0.2) is 0 Å². The molecule has 5 nitrogen and oxygen atoms in total. The lowest BCUT2D eigenvalue weighted by Crippen LogP contribution is -2.28. The Morgan fingerprint density at radius 1 is 1.12 bits per heavy atom. The van der Waals surface area contributed by atoms with Gasteiger partial charge >= 0.3 is 0 Å². The van der Waals surface area contributed by atoms with E-state index in [1.54, 1.807) is 13.2 Å². The molecular weight excluding hydrogens is 308 g/mol. The smallest absolute Gasteiger partial charge is 0.138 e. The van der Waals surface area contributed by atoms with Crippen molar-refractivity contribution < 1.29 is 24.1 Å². The summed E-state index contributed by atoms with van der Waals surface area (Å²) in [6.45, 7) is 4.16. The Bertz CT molecular complexity index is 808. The molecule has 0 atom stereocenters. The number of hydrogen-bond donors (Lipinski definition) is 0. The van der Waals surface area contributed by atoms with Crippen LogP contribution in [-0.2, 0) is 16.6 Å². The average Bonchev–Trinajstić information content (AvgIpc) is 2.54. The highest BCUT2D eigenvalue weighted by Gasteiger charge is 2.36. The number of rotatable bonds is 4. The predicted octanol–water partition coefficient (Wildman–Crippen LogP) is 2.43. The Morgan fingerprint density at radius 3 is 2.46 bits per heavy atom. The zero-order valence-electron chi connectivity index (χ0n) is 14.1. The van der Waals surface area contributed by atoms with Crippen LogP contribution in [0.1, 0.15) is 30.5 Å². The summed E-state index contributed by atoms with van der Waals surface area (Å²) < 4.78 is 16.7. The quantitative estimate of drug-likeness (QED) is 0.863. The summed E-state index contributed by atoms with van der Waals surface area (Å²) in [7, 11) is 3.10. The Balaban J connectivity index is 2.23. The second kappa shape index (κ2) is 5.74. The molecule has 0 bridgehead atoms. The van der Waals surface area contributed by atoms with E-state index in [1.807, 2.05) is 24.3 Å². The maximum absolute atomic E-state index is 11.2. The second-order valence-electron chi connectivity index (χ2n) is 6.26. The van der Waals surface area contributed by atoms with E-state index in [0.29, 0.717) is 28.6 Å². The van der Waals surface area contributed by atoms with E-state index in [1.165, 1.54) is 7.11 Å². The summed E-state index contributed by atoms with van der Waals surface area (Å²) in [5, 5.41) is 11.2. The highest BCUT2D eigenvalue weighted by atomic mass is 16.5. The maximum atomic E-state index is 11.2. The Morgan fingerprint density at radius 2 is 1.83 bits per heavy atom. The molecule has 0 fully saturated rings. The van der Waals surface area contributed by atoms with Gasteiger partial charge in [-0.15, -0.1) is 0 Å². The molecule has 0 N–H and O–H groups in total. The first-order chi connectivity index (χ1) is 11.4. The van der Waals surface area contributed by atoms with Crippen LogP contribution >= 0.6 is 0 Å². The van der Waals surface area contributed by atoms with Crippen LogP contribution in [0.3, 0.4) is 0 Å². The van der Waals surface area contributed by atoms with Crippen LogP contribution in [0.25, 0.3) is 0 Å². The van der Waals surface area contributed by atoms with Crippen molar-refractivity contribution in [3.63, 3.8) is 0 Å². The van der Waals surface area contributed by atoms with Gasteiger partial charge in [0.2, 0.25) is 0 Å². The van der Waals surface area contributed by atoms with Crippen LogP contribution in [0.4, 0.5) is 0 Å². The molecule has 0 saturated heterocycles. The molecule has 3 rings (SSSR count). The molecule has 0 aliphatic carbocycles. The number of carbonyl (C=O) groups excluding carboxylic acids is 1. The van der Waals surface area contributed by atoms with E-state index >= 15 is 0 Å². The lowest BCUT2D eigenvalue weighted by atomic mass is 9.75. The summed E-state index contributed by atoms with van der Waals surface area (Å²) in [5.41, 5.74) is 2.07. The zero-order valence-corrected chi connectivity index (χ0v) is 14.1. The van der Waals surface area contributed by atoms with E-state index in [9.17, 15) is 9.90 Å². The molecule has 0 aromatic heterocycles. The summed E-state index contributed by atoms with van der Waals surface area (Å²) >= 11 is 0. The third-order valence-electron chi connectivity index (χ3n) is 4.51. The third-order valence-corrected chi connectivity index (χ3v) is 4.51. The van der Waals surface area contributed by atoms with Crippen LogP contribution < -0.4 is 19.3 Å². The number of carbonyl (C=O) groups is 1. The molecule has 5 heteroatoms. The molecule has 1 heterocycles. The SMILES string of the molecule is COc1ccc2c(c1)Oc1c(ccc(OC)c1CC(=O)[O-])C2(C)C. The molecular formula is C19H19O5-. The molecule has 2 aromatic rings. The topological polar surface area (TPSA) is 67.8 Å². The van der Waals surface area contributed by atoms with Crippen LogP contribution in [0.5, 0.6) is 23.0 Å². The summed E-state index contributed by atoms with van der Waals surface area (Å²) in [5.74, 6) is 1.14. The minimum atomic E-state index is -1.18. The van der Waals surface area contributed by atoms with Crippen LogP contribution in [-0.4, -0.2) is 20.2 Å². The van der Waals surface area contributed by atoms with Crippen molar-refractivity contribution in [3.05, 3.63) is 47.0 Å². The van der Waals surface area contributed by atoms with Gasteiger partial charge in [-0.05, 0) is 12.1 Å². The van der Waals surface area contributed by atoms with Gasteiger partial charge in [-0.3, -0.25) is 0 Å². The number of fused-ring (bicyclic) bond motifs is 2. The fourth-order valence-corrected chi connectivity index (χ4v) is 3.21. The van der Waals surface area contributed by atoms with Crippen LogP contribution in [0.2, 0.25) is 0 Å². The van der Waals surface area contributed by atoms with E-state index in [4.69, 9.17) is 14.2 Å². The molecule has 0 spiro atoms. The highest BCUT2D eigenvalue weighted by molar-refractivity contribution is 5.73. The van der Waals surface area contributed by atoms with Gasteiger partial charge in [-0.1, -0.05) is 26.0 Å². The monoisotopic (exact) mass is 327 g/mol. The van der Waals surface area contributed by atoms with Gasteiger partial charge in [0.05, 0.1) is 14.2 Å². The third kappa shape index (κ3) is 2.46. The van der Waals surface area contributed by atoms with Crippen molar-refractivity contribution in [3.8, 4) is 23.0 Å². The lowest BCUT2D eigenvalue weighted by molar-refractivity contribution is -0.304. The maximum Gasteiger partial charge on any atom is 0.138 e. The Labute approximate surface area is 140 Å². The zero-order chi connectivity index (χ0) is 17.5. The number of methoxy groups -OCH3 is 2. The minimum absolute atomic E-state index is 0.276. The number of ether oxygens (including phenoxy) is 3. The van der Waals surface area contributed by atoms with E-state index < -0.39 is 5.97 Å². The van der Waals surface area contributed by atoms with E-state index in [0.717, 1.165) is 11.1 Å². The fourth-order valence-electron chi connectivity index (χ4n) is 3.21.